The summed E-state index contributed by atoms with van der Waals surface area (Å²) in [6.07, 6.45) is 6.30. The third-order valence-corrected chi connectivity index (χ3v) is 8.25. The van der Waals surface area contributed by atoms with Crippen LogP contribution in [0.3, 0.4) is 0 Å². The maximum atomic E-state index is 13.9. The average Bonchev–Trinajstić information content (AvgIpc) is 2.87. The highest BCUT2D eigenvalue weighted by Crippen LogP contribution is 2.28. The zero-order valence-corrected chi connectivity index (χ0v) is 23.9. The molecule has 0 radical (unpaired) electrons. The van der Waals surface area contributed by atoms with Crippen LogP contribution in [0.25, 0.3) is 0 Å². The molecule has 1 fully saturated rings. The van der Waals surface area contributed by atoms with Crippen LogP contribution in [0.15, 0.2) is 42.5 Å². The van der Waals surface area contributed by atoms with Crippen molar-refractivity contribution in [2.24, 2.45) is 0 Å². The SMILES string of the molecule is CC[C@@H](C(=O)NC1CCCCC1)N(Cc1cccc(C)c1)C(=O)CN(c1cc([N+](=O)[O-])ccc1C)S(C)(=O)=O. The molecule has 1 atom stereocenters. The van der Waals surface area contributed by atoms with Crippen LogP contribution in [0, 0.1) is 24.0 Å². The Bertz CT molecular complexity index is 1310. The summed E-state index contributed by atoms with van der Waals surface area (Å²) in [5.74, 6) is -0.832. The van der Waals surface area contributed by atoms with Gasteiger partial charge in [-0.2, -0.15) is 0 Å². The van der Waals surface area contributed by atoms with Crippen molar-refractivity contribution in [3.8, 4) is 0 Å². The number of carbonyl (C=O) groups excluding carboxylic acids is 2. The predicted octanol–water partition coefficient (Wildman–Crippen LogP) is 4.23. The number of nitro benzene ring substituents is 1. The van der Waals surface area contributed by atoms with Gasteiger partial charge in [0.25, 0.3) is 5.69 Å². The minimum atomic E-state index is -4.00. The molecule has 1 N–H and O–H groups in total. The third kappa shape index (κ3) is 8.01. The van der Waals surface area contributed by atoms with Crippen LogP contribution in [0.2, 0.25) is 0 Å². The van der Waals surface area contributed by atoms with E-state index in [0.717, 1.165) is 59.9 Å². The van der Waals surface area contributed by atoms with Gasteiger partial charge >= 0.3 is 0 Å². The van der Waals surface area contributed by atoms with Crippen LogP contribution in [0.5, 0.6) is 0 Å². The van der Waals surface area contributed by atoms with Gasteiger partial charge in [-0.05, 0) is 44.2 Å². The van der Waals surface area contributed by atoms with Gasteiger partial charge in [-0.15, -0.1) is 0 Å². The van der Waals surface area contributed by atoms with Gasteiger partial charge in [0.05, 0.1) is 16.9 Å². The lowest BCUT2D eigenvalue weighted by Crippen LogP contribution is -2.54. The Kier molecular flexibility index (Phi) is 10.1. The molecule has 10 nitrogen and oxygen atoms in total. The van der Waals surface area contributed by atoms with Crippen molar-refractivity contribution in [3.05, 3.63) is 69.3 Å². The van der Waals surface area contributed by atoms with Gasteiger partial charge < -0.3 is 10.2 Å². The molecule has 1 aliphatic rings. The molecule has 0 unspecified atom stereocenters. The number of hydrogen-bond donors (Lipinski definition) is 1. The summed E-state index contributed by atoms with van der Waals surface area (Å²) in [5.41, 5.74) is 2.03. The van der Waals surface area contributed by atoms with E-state index in [1.54, 1.807) is 6.92 Å². The summed E-state index contributed by atoms with van der Waals surface area (Å²) in [5, 5.41) is 14.5. The molecule has 2 amide bonds. The number of hydrogen-bond acceptors (Lipinski definition) is 6. The molecule has 0 spiro atoms. The van der Waals surface area contributed by atoms with Crippen molar-refractivity contribution < 1.29 is 22.9 Å². The van der Waals surface area contributed by atoms with E-state index in [9.17, 15) is 28.1 Å². The average molecular weight is 559 g/mol. The van der Waals surface area contributed by atoms with E-state index in [1.807, 2.05) is 38.1 Å². The van der Waals surface area contributed by atoms with Gasteiger partial charge in [-0.1, -0.05) is 62.1 Å². The number of anilines is 1. The molecule has 3 rings (SSSR count). The number of nitro groups is 1. The van der Waals surface area contributed by atoms with E-state index >= 15 is 0 Å². The van der Waals surface area contributed by atoms with Crippen molar-refractivity contribution in [2.75, 3.05) is 17.1 Å². The molecule has 0 saturated heterocycles. The fraction of sp³-hybridized carbons (Fsp3) is 0.500. The molecule has 0 bridgehead atoms. The number of benzene rings is 2. The normalized spacial score (nSPS) is 14.9. The lowest BCUT2D eigenvalue weighted by atomic mass is 9.95. The zero-order chi connectivity index (χ0) is 28.7. The summed E-state index contributed by atoms with van der Waals surface area (Å²) < 4.78 is 26.6. The Morgan fingerprint density at radius 3 is 2.38 bits per heavy atom. The maximum absolute atomic E-state index is 13.9. The van der Waals surface area contributed by atoms with Gasteiger partial charge in [0.1, 0.15) is 12.6 Å². The first-order valence-corrected chi connectivity index (χ1v) is 15.1. The summed E-state index contributed by atoms with van der Waals surface area (Å²) >= 11 is 0. The minimum Gasteiger partial charge on any atom is -0.352 e. The number of carbonyl (C=O) groups is 2. The largest absolute Gasteiger partial charge is 0.352 e. The van der Waals surface area contributed by atoms with Crippen molar-refractivity contribution in [2.45, 2.75) is 77.9 Å². The lowest BCUT2D eigenvalue weighted by Gasteiger charge is -2.34. The van der Waals surface area contributed by atoms with Gasteiger partial charge in [0, 0.05) is 24.7 Å². The number of amides is 2. The summed E-state index contributed by atoms with van der Waals surface area (Å²) in [4.78, 5) is 39.6. The maximum Gasteiger partial charge on any atom is 0.271 e. The van der Waals surface area contributed by atoms with Crippen LogP contribution in [0.4, 0.5) is 11.4 Å². The minimum absolute atomic E-state index is 0.0512. The molecule has 212 valence electrons. The zero-order valence-electron chi connectivity index (χ0n) is 23.1. The highest BCUT2D eigenvalue weighted by atomic mass is 32.2. The second-order valence-electron chi connectivity index (χ2n) is 10.3. The fourth-order valence-electron chi connectivity index (χ4n) is 5.05. The van der Waals surface area contributed by atoms with E-state index in [2.05, 4.69) is 5.32 Å². The topological polar surface area (TPSA) is 130 Å². The molecule has 1 saturated carbocycles. The molecular weight excluding hydrogens is 520 g/mol. The smallest absolute Gasteiger partial charge is 0.271 e. The third-order valence-electron chi connectivity index (χ3n) is 7.12. The van der Waals surface area contributed by atoms with E-state index in [0.29, 0.717) is 12.0 Å². The van der Waals surface area contributed by atoms with E-state index in [4.69, 9.17) is 0 Å². The quantitative estimate of drug-likeness (QED) is 0.324. The highest BCUT2D eigenvalue weighted by molar-refractivity contribution is 7.92. The van der Waals surface area contributed by atoms with E-state index in [1.165, 1.54) is 17.0 Å². The highest BCUT2D eigenvalue weighted by Gasteiger charge is 2.33. The molecule has 1 aliphatic carbocycles. The number of nitrogens with one attached hydrogen (secondary N) is 1. The molecular formula is C28H38N4O6S. The second-order valence-corrected chi connectivity index (χ2v) is 12.2. The Hall–Kier alpha value is -3.47. The standard InChI is InChI=1S/C28H38N4O6S/c1-5-25(28(34)29-23-12-7-6-8-13-23)30(18-22-11-9-10-20(2)16-22)27(33)19-31(39(4,37)38)26-17-24(32(35)36)15-14-21(26)3/h9-11,14-17,23,25H,5-8,12-13,18-19H2,1-4H3,(H,29,34)/t25-/m0/s1. The second kappa shape index (κ2) is 13.1. The van der Waals surface area contributed by atoms with Gasteiger partial charge in [0.2, 0.25) is 21.8 Å². The Morgan fingerprint density at radius 1 is 1.10 bits per heavy atom. The van der Waals surface area contributed by atoms with E-state index in [-0.39, 0.29) is 29.9 Å². The Labute approximate surface area is 230 Å². The molecule has 0 aliphatic heterocycles. The van der Waals surface area contributed by atoms with Crippen LogP contribution in [-0.2, 0) is 26.2 Å². The monoisotopic (exact) mass is 558 g/mol. The number of aryl methyl sites for hydroxylation is 2. The van der Waals surface area contributed by atoms with E-state index < -0.39 is 33.4 Å². The molecule has 2 aromatic carbocycles. The Morgan fingerprint density at radius 2 is 1.79 bits per heavy atom. The van der Waals surface area contributed by atoms with Crippen LogP contribution in [0.1, 0.15) is 62.1 Å². The van der Waals surface area contributed by atoms with Crippen LogP contribution in [-0.4, -0.2) is 54.9 Å². The first kappa shape index (κ1) is 30.1. The lowest BCUT2D eigenvalue weighted by molar-refractivity contribution is -0.384. The van der Waals surface area contributed by atoms with Gasteiger partial charge in [-0.3, -0.25) is 24.0 Å². The molecule has 2 aromatic rings. The number of rotatable bonds is 11. The van der Waals surface area contributed by atoms with Gasteiger partial charge in [-0.25, -0.2) is 8.42 Å². The summed E-state index contributed by atoms with van der Waals surface area (Å²) in [6, 6.07) is 10.7. The first-order valence-electron chi connectivity index (χ1n) is 13.3. The summed E-state index contributed by atoms with van der Waals surface area (Å²) in [6.45, 7) is 4.89. The van der Waals surface area contributed by atoms with Crippen molar-refractivity contribution in [1.82, 2.24) is 10.2 Å². The molecule has 0 heterocycles. The van der Waals surface area contributed by atoms with Crippen molar-refractivity contribution in [3.63, 3.8) is 0 Å². The molecule has 0 aromatic heterocycles. The number of non-ortho nitro benzene ring substituents is 1. The van der Waals surface area contributed by atoms with Crippen LogP contribution >= 0.6 is 0 Å². The van der Waals surface area contributed by atoms with Crippen molar-refractivity contribution in [1.29, 1.82) is 0 Å². The molecule has 39 heavy (non-hydrogen) atoms. The fourth-order valence-corrected chi connectivity index (χ4v) is 5.94. The molecule has 11 heteroatoms. The summed E-state index contributed by atoms with van der Waals surface area (Å²) in [7, 11) is -4.00. The predicted molar refractivity (Wildman–Crippen MR) is 151 cm³/mol. The number of sulfonamides is 1. The number of nitrogens with zero attached hydrogens (tertiary/aromatic N) is 3. The Balaban J connectivity index is 1.97. The first-order chi connectivity index (χ1) is 18.4. The van der Waals surface area contributed by atoms with Crippen molar-refractivity contribution >= 4 is 33.2 Å². The van der Waals surface area contributed by atoms with Gasteiger partial charge in [0.15, 0.2) is 0 Å². The van der Waals surface area contributed by atoms with Crippen LogP contribution < -0.4 is 9.62 Å².